The molecule has 0 N–H and O–H groups in total. The lowest BCUT2D eigenvalue weighted by Gasteiger charge is -2.34. The van der Waals surface area contributed by atoms with E-state index >= 15 is 0 Å². The summed E-state index contributed by atoms with van der Waals surface area (Å²) in [5.41, 5.74) is 10.7. The van der Waals surface area contributed by atoms with E-state index in [4.69, 9.17) is 0 Å². The molecule has 5 heteroatoms. The van der Waals surface area contributed by atoms with Gasteiger partial charge >= 0.3 is 0 Å². The van der Waals surface area contributed by atoms with E-state index in [0.717, 1.165) is 57.9 Å². The minimum Gasteiger partial charge on any atom is -0.336 e. The fourth-order valence-electron chi connectivity index (χ4n) is 8.40. The lowest BCUT2D eigenvalue weighted by atomic mass is 9.76. The van der Waals surface area contributed by atoms with Crippen LogP contribution in [0.5, 0.6) is 0 Å². The van der Waals surface area contributed by atoms with Gasteiger partial charge in [0.25, 0.3) is 0 Å². The van der Waals surface area contributed by atoms with Gasteiger partial charge in [0, 0.05) is 50.1 Å². The van der Waals surface area contributed by atoms with Crippen LogP contribution in [0.1, 0.15) is 46.8 Å². The van der Waals surface area contributed by atoms with Gasteiger partial charge in [-0.15, -0.1) is 0 Å². The van der Waals surface area contributed by atoms with Crippen LogP contribution >= 0.6 is 0 Å². The van der Waals surface area contributed by atoms with Crippen molar-refractivity contribution in [2.75, 3.05) is 0 Å². The molecule has 0 saturated heterocycles. The van der Waals surface area contributed by atoms with Crippen molar-refractivity contribution in [3.63, 3.8) is 0 Å². The summed E-state index contributed by atoms with van der Waals surface area (Å²) in [7, 11) is 0. The second kappa shape index (κ2) is 11.8. The molecule has 3 aliphatic rings. The first-order valence-electron chi connectivity index (χ1n) is 17.1. The van der Waals surface area contributed by atoms with Crippen LogP contribution in [0.3, 0.4) is 0 Å². The summed E-state index contributed by atoms with van der Waals surface area (Å²) in [6, 6.07) is 35.9. The Hall–Kier alpha value is -6.61. The zero-order valence-electron chi connectivity index (χ0n) is 27.3. The molecule has 3 aliphatic carbocycles. The maximum absolute atomic E-state index is 10.2. The van der Waals surface area contributed by atoms with Gasteiger partial charge in [0.1, 0.15) is 0 Å². The van der Waals surface area contributed by atoms with Crippen LogP contribution in [0.2, 0.25) is 0 Å². The molecule has 2 heterocycles. The maximum atomic E-state index is 10.2. The molecule has 2 aromatic heterocycles. The van der Waals surface area contributed by atoms with E-state index in [9.17, 15) is 15.8 Å². The summed E-state index contributed by atoms with van der Waals surface area (Å²) in [5, 5.41) is 33.2. The van der Waals surface area contributed by atoms with Crippen LogP contribution in [-0.2, 0) is 6.42 Å². The molecule has 0 saturated carbocycles. The molecule has 5 nitrogen and oxygen atoms in total. The minimum atomic E-state index is -0.0132. The Bertz CT molecular complexity index is 2680. The van der Waals surface area contributed by atoms with Gasteiger partial charge in [-0.3, -0.25) is 0 Å². The molecular formula is C45H31N5. The molecule has 9 rings (SSSR count). The highest BCUT2D eigenvalue weighted by molar-refractivity contribution is 6.09. The van der Waals surface area contributed by atoms with Crippen LogP contribution in [0.25, 0.3) is 50.0 Å². The van der Waals surface area contributed by atoms with E-state index in [0.29, 0.717) is 16.7 Å². The molecule has 0 radical (unpaired) electrons. The highest BCUT2D eigenvalue weighted by atomic mass is 15.0. The second-order valence-electron chi connectivity index (χ2n) is 13.4. The maximum Gasteiger partial charge on any atom is 0.0992 e. The minimum absolute atomic E-state index is 0.0132. The number of allylic oxidation sites excluding steroid dienone is 9. The molecule has 4 aromatic carbocycles. The number of fused-ring (bicyclic) bond motifs is 6. The molecule has 0 spiro atoms. The molecule has 0 amide bonds. The molecule has 0 aliphatic heterocycles. The standard InChI is InChI=1S/C45H31N5/c46-26-29-17-19-44-40(22-29)39-12-3-4-13-41(39)49(44)35-21-31(28-48)20-34(25-35)32-8-7-9-33(24-32)36-18-16-30(27-47)23-45(36)50-42-14-5-1-10-37(42)38-11-2-6-15-43(38)50/h1-5,7-8,10-14,16-25,33,36,45H,6,9,15H2/t33-,36?,45?/m1/s1. The number of rotatable bonds is 4. The van der Waals surface area contributed by atoms with Crippen LogP contribution < -0.4 is 0 Å². The Morgan fingerprint density at radius 1 is 0.660 bits per heavy atom. The average molecular weight is 642 g/mol. The van der Waals surface area contributed by atoms with E-state index in [-0.39, 0.29) is 17.9 Å². The third-order valence-corrected chi connectivity index (χ3v) is 10.6. The van der Waals surface area contributed by atoms with E-state index in [1.54, 1.807) is 0 Å². The lowest BCUT2D eigenvalue weighted by molar-refractivity contribution is 0.364. The molecule has 236 valence electrons. The van der Waals surface area contributed by atoms with Crippen molar-refractivity contribution in [1.29, 1.82) is 15.8 Å². The number of aromatic nitrogens is 2. The van der Waals surface area contributed by atoms with E-state index in [1.807, 2.05) is 48.5 Å². The van der Waals surface area contributed by atoms with Crippen LogP contribution in [-0.4, -0.2) is 9.13 Å². The number of nitriles is 3. The van der Waals surface area contributed by atoms with Gasteiger partial charge in [-0.05, 0) is 97.0 Å². The normalized spacial score (nSPS) is 19.5. The third-order valence-electron chi connectivity index (χ3n) is 10.6. The molecule has 2 unspecified atom stereocenters. The monoisotopic (exact) mass is 641 g/mol. The Morgan fingerprint density at radius 2 is 1.46 bits per heavy atom. The smallest absolute Gasteiger partial charge is 0.0992 e. The highest BCUT2D eigenvalue weighted by Crippen LogP contribution is 2.44. The molecule has 50 heavy (non-hydrogen) atoms. The number of benzene rings is 4. The van der Waals surface area contributed by atoms with Gasteiger partial charge in [0.05, 0.1) is 46.4 Å². The van der Waals surface area contributed by atoms with Crippen LogP contribution in [0.4, 0.5) is 0 Å². The summed E-state index contributed by atoms with van der Waals surface area (Å²) in [6.45, 7) is 0. The second-order valence-corrected chi connectivity index (χ2v) is 13.4. The fraction of sp³-hybridized carbons (Fsp3) is 0.133. The Balaban J connectivity index is 1.17. The SMILES string of the molecule is N#CC1=CC(n2c3c(c4ccccc42)C=CCC3)C([C@H]2C=C(c3cc(C#N)cc(-n4c5ccccc5c5cc(C#N)ccc54)c3)C=CC2)C=C1. The fourth-order valence-corrected chi connectivity index (χ4v) is 8.40. The number of nitrogens with zero attached hydrogens (tertiary/aromatic N) is 5. The van der Waals surface area contributed by atoms with Crippen molar-refractivity contribution >= 4 is 44.4 Å². The Labute approximate surface area is 290 Å². The topological polar surface area (TPSA) is 81.2 Å². The predicted octanol–water partition coefficient (Wildman–Crippen LogP) is 10.3. The molecule has 3 atom stereocenters. The highest BCUT2D eigenvalue weighted by Gasteiger charge is 2.33. The average Bonchev–Trinajstić information content (AvgIpc) is 3.70. The summed E-state index contributed by atoms with van der Waals surface area (Å²) >= 11 is 0. The van der Waals surface area contributed by atoms with Gasteiger partial charge in [-0.2, -0.15) is 15.8 Å². The van der Waals surface area contributed by atoms with Gasteiger partial charge in [0.15, 0.2) is 0 Å². The van der Waals surface area contributed by atoms with E-state index < -0.39 is 0 Å². The van der Waals surface area contributed by atoms with Crippen molar-refractivity contribution in [3.05, 3.63) is 161 Å². The van der Waals surface area contributed by atoms with Crippen molar-refractivity contribution < 1.29 is 0 Å². The van der Waals surface area contributed by atoms with Gasteiger partial charge in [-0.1, -0.05) is 72.9 Å². The van der Waals surface area contributed by atoms with Crippen molar-refractivity contribution in [3.8, 4) is 23.9 Å². The van der Waals surface area contributed by atoms with Gasteiger partial charge in [0.2, 0.25) is 0 Å². The van der Waals surface area contributed by atoms with Gasteiger partial charge < -0.3 is 9.13 Å². The van der Waals surface area contributed by atoms with Crippen molar-refractivity contribution in [1.82, 2.24) is 9.13 Å². The lowest BCUT2D eigenvalue weighted by Crippen LogP contribution is -2.27. The number of hydrogen-bond donors (Lipinski definition) is 0. The van der Waals surface area contributed by atoms with Crippen molar-refractivity contribution in [2.24, 2.45) is 11.8 Å². The summed E-state index contributed by atoms with van der Waals surface area (Å²) in [5.74, 6) is 0.304. The van der Waals surface area contributed by atoms with E-state index in [1.165, 1.54) is 22.2 Å². The molecule has 0 bridgehead atoms. The first-order valence-corrected chi connectivity index (χ1v) is 17.1. The number of hydrogen-bond acceptors (Lipinski definition) is 3. The third kappa shape index (κ3) is 4.66. The van der Waals surface area contributed by atoms with Crippen LogP contribution in [0, 0.1) is 45.8 Å². The quantitative estimate of drug-likeness (QED) is 0.192. The zero-order valence-corrected chi connectivity index (χ0v) is 27.3. The number of para-hydroxylation sites is 2. The molecular weight excluding hydrogens is 611 g/mol. The van der Waals surface area contributed by atoms with Gasteiger partial charge in [-0.25, -0.2) is 0 Å². The summed E-state index contributed by atoms with van der Waals surface area (Å²) < 4.78 is 4.70. The summed E-state index contributed by atoms with van der Waals surface area (Å²) in [4.78, 5) is 0. The Morgan fingerprint density at radius 3 is 2.30 bits per heavy atom. The van der Waals surface area contributed by atoms with Crippen molar-refractivity contribution in [2.45, 2.75) is 25.3 Å². The molecule has 6 aromatic rings. The van der Waals surface area contributed by atoms with E-state index in [2.05, 4.69) is 112 Å². The zero-order chi connectivity index (χ0) is 33.8. The first kappa shape index (κ1) is 29.5. The van der Waals surface area contributed by atoms with Crippen LogP contribution in [0.15, 0.2) is 133 Å². The Kier molecular flexibility index (Phi) is 6.98. The summed E-state index contributed by atoms with van der Waals surface area (Å²) in [6.07, 6.45) is 20.6. The first-order chi connectivity index (χ1) is 24.6. The predicted molar refractivity (Wildman–Crippen MR) is 200 cm³/mol. The molecule has 0 fully saturated rings. The largest absolute Gasteiger partial charge is 0.336 e.